The molecule has 5 rings (SSSR count). The van der Waals surface area contributed by atoms with E-state index in [0.29, 0.717) is 0 Å². The van der Waals surface area contributed by atoms with Crippen LogP contribution in [0.5, 0.6) is 0 Å². The topological polar surface area (TPSA) is 54.3 Å². The van der Waals surface area contributed by atoms with Crippen LogP contribution in [0.1, 0.15) is 27.5 Å². The molecule has 0 bridgehead atoms. The molecule has 0 saturated carbocycles. The summed E-state index contributed by atoms with van der Waals surface area (Å²) >= 11 is 1.52. The molecule has 1 fully saturated rings. The van der Waals surface area contributed by atoms with Gasteiger partial charge in [0, 0.05) is 51.3 Å². The Bertz CT molecular complexity index is 1190. The molecule has 1 aliphatic heterocycles. The third-order valence-electron chi connectivity index (χ3n) is 5.97. The first-order valence-corrected chi connectivity index (χ1v) is 12.1. The van der Waals surface area contributed by atoms with Gasteiger partial charge < -0.3 is 9.47 Å². The molecule has 0 N–H and O–H groups in total. The summed E-state index contributed by atoms with van der Waals surface area (Å²) in [5.74, 6) is 1.19. The fourth-order valence-corrected chi connectivity index (χ4v) is 5.15. The van der Waals surface area contributed by atoms with Gasteiger partial charge in [-0.25, -0.2) is 4.98 Å². The number of rotatable bonds is 6. The molecule has 0 unspecified atom stereocenters. The molecule has 1 saturated heterocycles. The molecule has 1 aromatic carbocycles. The predicted octanol–water partition coefficient (Wildman–Crippen LogP) is 4.40. The number of benzene rings is 1. The van der Waals surface area contributed by atoms with E-state index in [-0.39, 0.29) is 5.91 Å². The summed E-state index contributed by atoms with van der Waals surface area (Å²) < 4.78 is 2.22. The molecule has 33 heavy (non-hydrogen) atoms. The van der Waals surface area contributed by atoms with Crippen LogP contribution in [0.15, 0.2) is 79.3 Å². The van der Waals surface area contributed by atoms with Crippen LogP contribution in [-0.4, -0.2) is 56.4 Å². The molecule has 0 spiro atoms. The second-order valence-corrected chi connectivity index (χ2v) is 9.34. The van der Waals surface area contributed by atoms with Crippen molar-refractivity contribution in [2.45, 2.75) is 19.5 Å². The predicted molar refractivity (Wildman–Crippen MR) is 131 cm³/mol. The Balaban J connectivity index is 1.20. The highest BCUT2D eigenvalue weighted by Crippen LogP contribution is 2.27. The van der Waals surface area contributed by atoms with E-state index in [1.165, 1.54) is 16.9 Å². The Morgan fingerprint density at radius 2 is 1.73 bits per heavy atom. The van der Waals surface area contributed by atoms with E-state index in [1.807, 2.05) is 53.7 Å². The number of thiophene rings is 1. The molecule has 1 amide bonds. The van der Waals surface area contributed by atoms with Gasteiger partial charge in [-0.3, -0.25) is 14.7 Å². The first kappa shape index (κ1) is 21.6. The van der Waals surface area contributed by atoms with Crippen molar-refractivity contribution >= 4 is 17.2 Å². The quantitative estimate of drug-likeness (QED) is 0.431. The summed E-state index contributed by atoms with van der Waals surface area (Å²) in [4.78, 5) is 28.4. The van der Waals surface area contributed by atoms with Gasteiger partial charge in [-0.1, -0.05) is 36.4 Å². The van der Waals surface area contributed by atoms with Crippen molar-refractivity contribution in [3.63, 3.8) is 0 Å². The number of amides is 1. The van der Waals surface area contributed by atoms with E-state index in [2.05, 4.69) is 43.7 Å². The van der Waals surface area contributed by atoms with Crippen LogP contribution >= 0.6 is 11.3 Å². The molecule has 0 aliphatic carbocycles. The molecule has 7 heteroatoms. The Morgan fingerprint density at radius 3 is 2.58 bits per heavy atom. The van der Waals surface area contributed by atoms with Gasteiger partial charge in [0.25, 0.3) is 5.91 Å². The van der Waals surface area contributed by atoms with Gasteiger partial charge in [0.2, 0.25) is 0 Å². The average molecular weight is 458 g/mol. The van der Waals surface area contributed by atoms with Crippen molar-refractivity contribution in [1.82, 2.24) is 24.3 Å². The maximum Gasteiger partial charge on any atom is 0.263 e. The van der Waals surface area contributed by atoms with Crippen molar-refractivity contribution in [3.05, 3.63) is 95.5 Å². The summed E-state index contributed by atoms with van der Waals surface area (Å²) in [6.07, 6.45) is 6.67. The average Bonchev–Trinajstić information content (AvgIpc) is 3.45. The maximum atomic E-state index is 13.2. The van der Waals surface area contributed by atoms with Crippen LogP contribution in [0.4, 0.5) is 0 Å². The molecular formula is C26H27N5OS. The van der Waals surface area contributed by atoms with E-state index in [0.717, 1.165) is 67.0 Å². The first-order chi connectivity index (χ1) is 16.3. The summed E-state index contributed by atoms with van der Waals surface area (Å²) in [5.41, 5.74) is 2.18. The van der Waals surface area contributed by atoms with Crippen LogP contribution in [0.2, 0.25) is 0 Å². The van der Waals surface area contributed by atoms with Crippen molar-refractivity contribution < 1.29 is 4.79 Å². The van der Waals surface area contributed by atoms with Crippen LogP contribution in [0.3, 0.4) is 0 Å². The Kier molecular flexibility index (Phi) is 6.60. The number of carbonyl (C=O) groups is 1. The fraction of sp³-hybridized carbons (Fsp3) is 0.269. The molecule has 0 radical (unpaired) electrons. The zero-order valence-electron chi connectivity index (χ0n) is 18.5. The smallest absolute Gasteiger partial charge is 0.263 e. The van der Waals surface area contributed by atoms with Gasteiger partial charge >= 0.3 is 0 Å². The standard InChI is InChI=1S/C26H27N5OS/c32-26(24-11-10-23(33-24)22-9-4-5-12-27-22)30-15-6-14-29(17-18-30)20-25-28-13-16-31(25)19-21-7-2-1-3-8-21/h1-5,7-13,16H,6,14-15,17-20H2. The maximum absolute atomic E-state index is 13.2. The molecule has 4 heterocycles. The number of hydrogen-bond donors (Lipinski definition) is 0. The zero-order valence-corrected chi connectivity index (χ0v) is 19.3. The van der Waals surface area contributed by atoms with Gasteiger partial charge in [0.1, 0.15) is 5.82 Å². The zero-order chi connectivity index (χ0) is 22.5. The summed E-state index contributed by atoms with van der Waals surface area (Å²) in [6, 6.07) is 20.2. The van der Waals surface area contributed by atoms with Crippen molar-refractivity contribution in [2.75, 3.05) is 26.2 Å². The Morgan fingerprint density at radius 1 is 0.848 bits per heavy atom. The summed E-state index contributed by atoms with van der Waals surface area (Å²) in [6.45, 7) is 4.95. The fourth-order valence-electron chi connectivity index (χ4n) is 4.20. The van der Waals surface area contributed by atoms with Crippen molar-refractivity contribution in [2.24, 2.45) is 0 Å². The third-order valence-corrected chi connectivity index (χ3v) is 7.07. The number of nitrogens with zero attached hydrogens (tertiary/aromatic N) is 5. The molecular weight excluding hydrogens is 430 g/mol. The lowest BCUT2D eigenvalue weighted by Gasteiger charge is -2.22. The van der Waals surface area contributed by atoms with Gasteiger partial charge in [0.15, 0.2) is 0 Å². The van der Waals surface area contributed by atoms with Gasteiger partial charge in [-0.15, -0.1) is 11.3 Å². The van der Waals surface area contributed by atoms with E-state index in [9.17, 15) is 4.79 Å². The largest absolute Gasteiger partial charge is 0.337 e. The molecule has 6 nitrogen and oxygen atoms in total. The Labute approximate surface area is 198 Å². The van der Waals surface area contributed by atoms with Crippen LogP contribution < -0.4 is 0 Å². The highest BCUT2D eigenvalue weighted by atomic mass is 32.1. The van der Waals surface area contributed by atoms with Crippen molar-refractivity contribution in [3.8, 4) is 10.6 Å². The second-order valence-electron chi connectivity index (χ2n) is 8.26. The highest BCUT2D eigenvalue weighted by Gasteiger charge is 2.22. The first-order valence-electron chi connectivity index (χ1n) is 11.3. The lowest BCUT2D eigenvalue weighted by molar-refractivity contribution is 0.0765. The van der Waals surface area contributed by atoms with Crippen LogP contribution in [0.25, 0.3) is 10.6 Å². The van der Waals surface area contributed by atoms with Gasteiger partial charge in [0.05, 0.1) is 22.0 Å². The normalized spacial score (nSPS) is 14.8. The van der Waals surface area contributed by atoms with Gasteiger partial charge in [-0.2, -0.15) is 0 Å². The lowest BCUT2D eigenvalue weighted by Crippen LogP contribution is -2.35. The number of hydrogen-bond acceptors (Lipinski definition) is 5. The van der Waals surface area contributed by atoms with E-state index >= 15 is 0 Å². The number of imidazole rings is 1. The minimum Gasteiger partial charge on any atom is -0.337 e. The Hall–Kier alpha value is -3.29. The van der Waals surface area contributed by atoms with Crippen LogP contribution in [0, 0.1) is 0 Å². The molecule has 0 atom stereocenters. The lowest BCUT2D eigenvalue weighted by atomic mass is 10.2. The van der Waals surface area contributed by atoms with Crippen molar-refractivity contribution in [1.29, 1.82) is 0 Å². The minimum absolute atomic E-state index is 0.120. The minimum atomic E-state index is 0.120. The summed E-state index contributed by atoms with van der Waals surface area (Å²) in [7, 11) is 0. The molecule has 168 valence electrons. The van der Waals surface area contributed by atoms with Crippen LogP contribution in [-0.2, 0) is 13.1 Å². The second kappa shape index (κ2) is 10.1. The number of pyridine rings is 1. The highest BCUT2D eigenvalue weighted by molar-refractivity contribution is 7.17. The molecule has 4 aromatic rings. The monoisotopic (exact) mass is 457 g/mol. The SMILES string of the molecule is O=C(c1ccc(-c2ccccn2)s1)N1CCCN(Cc2nccn2Cc2ccccc2)CC1. The van der Waals surface area contributed by atoms with E-state index < -0.39 is 0 Å². The van der Waals surface area contributed by atoms with Gasteiger partial charge in [-0.05, 0) is 36.2 Å². The third kappa shape index (κ3) is 5.21. The van der Waals surface area contributed by atoms with E-state index in [4.69, 9.17) is 0 Å². The molecule has 1 aliphatic rings. The number of carbonyl (C=O) groups excluding carboxylic acids is 1. The van der Waals surface area contributed by atoms with E-state index in [1.54, 1.807) is 6.20 Å². The molecule has 3 aromatic heterocycles. The number of aromatic nitrogens is 3. The summed E-state index contributed by atoms with van der Waals surface area (Å²) in [5, 5.41) is 0.